The van der Waals surface area contributed by atoms with Gasteiger partial charge in [-0.1, -0.05) is 22.9 Å². The van der Waals surface area contributed by atoms with Crippen LogP contribution in [0.3, 0.4) is 0 Å². The van der Waals surface area contributed by atoms with Crippen molar-refractivity contribution in [3.05, 3.63) is 46.5 Å². The third-order valence-corrected chi connectivity index (χ3v) is 3.02. The van der Waals surface area contributed by atoms with Crippen LogP contribution in [0.1, 0.15) is 24.7 Å². The fourth-order valence-electron chi connectivity index (χ4n) is 1.77. The molecule has 0 amide bonds. The van der Waals surface area contributed by atoms with Crippen LogP contribution in [0.4, 0.5) is 0 Å². The Morgan fingerprint density at radius 3 is 3.00 bits per heavy atom. The van der Waals surface area contributed by atoms with Gasteiger partial charge in [0, 0.05) is 23.3 Å². The largest absolute Gasteiger partial charge is 0.302 e. The van der Waals surface area contributed by atoms with Gasteiger partial charge in [-0.2, -0.15) is 5.26 Å². The van der Waals surface area contributed by atoms with Crippen molar-refractivity contribution in [2.75, 3.05) is 0 Å². The van der Waals surface area contributed by atoms with Crippen molar-refractivity contribution >= 4 is 15.9 Å². The SMILES string of the molecule is CCCc1nccn1-c1ccc(Br)cc1C#N. The minimum absolute atomic E-state index is 0.648. The Labute approximate surface area is 109 Å². The van der Waals surface area contributed by atoms with Crippen molar-refractivity contribution in [2.45, 2.75) is 19.8 Å². The lowest BCUT2D eigenvalue weighted by Crippen LogP contribution is -2.02. The van der Waals surface area contributed by atoms with Crippen molar-refractivity contribution in [1.29, 1.82) is 5.26 Å². The lowest BCUT2D eigenvalue weighted by Gasteiger charge is -2.09. The zero-order valence-corrected chi connectivity index (χ0v) is 11.1. The molecule has 0 aliphatic rings. The molecule has 2 aromatic rings. The Hall–Kier alpha value is -1.60. The summed E-state index contributed by atoms with van der Waals surface area (Å²) < 4.78 is 2.89. The first-order valence-corrected chi connectivity index (χ1v) is 6.27. The van der Waals surface area contributed by atoms with E-state index in [9.17, 15) is 0 Å². The zero-order chi connectivity index (χ0) is 12.3. The molecule has 1 aromatic heterocycles. The molecule has 0 saturated carbocycles. The normalized spacial score (nSPS) is 10.2. The van der Waals surface area contributed by atoms with Crippen molar-refractivity contribution < 1.29 is 0 Å². The summed E-state index contributed by atoms with van der Waals surface area (Å²) >= 11 is 3.37. The van der Waals surface area contributed by atoms with Gasteiger partial charge in [0.25, 0.3) is 0 Å². The number of nitriles is 1. The van der Waals surface area contributed by atoms with Crippen molar-refractivity contribution in [3.63, 3.8) is 0 Å². The van der Waals surface area contributed by atoms with Gasteiger partial charge in [-0.25, -0.2) is 4.98 Å². The maximum Gasteiger partial charge on any atom is 0.113 e. The molecule has 2 rings (SSSR count). The molecule has 1 heterocycles. The van der Waals surface area contributed by atoms with Gasteiger partial charge < -0.3 is 4.57 Å². The number of hydrogen-bond donors (Lipinski definition) is 0. The average molecular weight is 290 g/mol. The quantitative estimate of drug-likeness (QED) is 0.868. The molecule has 0 spiro atoms. The summed E-state index contributed by atoms with van der Waals surface area (Å²) in [5.41, 5.74) is 1.53. The first kappa shape index (κ1) is 11.9. The molecule has 0 aliphatic carbocycles. The van der Waals surface area contributed by atoms with Crippen molar-refractivity contribution in [2.24, 2.45) is 0 Å². The maximum absolute atomic E-state index is 9.16. The van der Waals surface area contributed by atoms with Crippen LogP contribution in [0.25, 0.3) is 5.69 Å². The molecule has 86 valence electrons. The highest BCUT2D eigenvalue weighted by molar-refractivity contribution is 9.10. The molecule has 0 N–H and O–H groups in total. The summed E-state index contributed by atoms with van der Waals surface area (Å²) in [5, 5.41) is 9.16. The van der Waals surface area contributed by atoms with E-state index in [2.05, 4.69) is 33.9 Å². The zero-order valence-electron chi connectivity index (χ0n) is 9.52. The van der Waals surface area contributed by atoms with E-state index in [0.717, 1.165) is 28.8 Å². The summed E-state index contributed by atoms with van der Waals surface area (Å²) in [4.78, 5) is 4.32. The lowest BCUT2D eigenvalue weighted by molar-refractivity contribution is 0.808. The van der Waals surface area contributed by atoms with Crippen LogP contribution in [0.5, 0.6) is 0 Å². The van der Waals surface area contributed by atoms with Gasteiger partial charge >= 0.3 is 0 Å². The number of aromatic nitrogens is 2. The van der Waals surface area contributed by atoms with Gasteiger partial charge in [-0.05, 0) is 24.6 Å². The van der Waals surface area contributed by atoms with Gasteiger partial charge in [-0.15, -0.1) is 0 Å². The van der Waals surface area contributed by atoms with Crippen molar-refractivity contribution in [1.82, 2.24) is 9.55 Å². The highest BCUT2D eigenvalue weighted by Crippen LogP contribution is 2.21. The Kier molecular flexibility index (Phi) is 3.60. The Morgan fingerprint density at radius 1 is 1.47 bits per heavy atom. The highest BCUT2D eigenvalue weighted by atomic mass is 79.9. The number of halogens is 1. The molecule has 3 nitrogen and oxygen atoms in total. The van der Waals surface area contributed by atoms with E-state index in [0.29, 0.717) is 5.56 Å². The molecule has 0 atom stereocenters. The molecule has 0 unspecified atom stereocenters. The van der Waals surface area contributed by atoms with E-state index < -0.39 is 0 Å². The third-order valence-electron chi connectivity index (χ3n) is 2.53. The molecular formula is C13H12BrN3. The Morgan fingerprint density at radius 2 is 2.29 bits per heavy atom. The minimum atomic E-state index is 0.648. The fraction of sp³-hybridized carbons (Fsp3) is 0.231. The van der Waals surface area contributed by atoms with E-state index in [-0.39, 0.29) is 0 Å². The number of aryl methyl sites for hydroxylation is 1. The second-order valence-corrected chi connectivity index (χ2v) is 4.65. The fourth-order valence-corrected chi connectivity index (χ4v) is 2.13. The minimum Gasteiger partial charge on any atom is -0.302 e. The van der Waals surface area contributed by atoms with E-state index in [1.165, 1.54) is 0 Å². The number of nitrogens with zero attached hydrogens (tertiary/aromatic N) is 3. The topological polar surface area (TPSA) is 41.6 Å². The summed E-state index contributed by atoms with van der Waals surface area (Å²) in [6.07, 6.45) is 5.62. The number of benzene rings is 1. The van der Waals surface area contributed by atoms with Crippen LogP contribution >= 0.6 is 15.9 Å². The van der Waals surface area contributed by atoms with Gasteiger partial charge in [-0.3, -0.25) is 0 Å². The predicted molar refractivity (Wildman–Crippen MR) is 70.0 cm³/mol. The van der Waals surface area contributed by atoms with E-state index in [1.807, 2.05) is 29.0 Å². The van der Waals surface area contributed by atoms with Gasteiger partial charge in [0.05, 0.1) is 11.3 Å². The van der Waals surface area contributed by atoms with Gasteiger partial charge in [0.1, 0.15) is 11.9 Å². The first-order chi connectivity index (χ1) is 8.26. The predicted octanol–water partition coefficient (Wildman–Crippen LogP) is 3.46. The van der Waals surface area contributed by atoms with Gasteiger partial charge in [0.2, 0.25) is 0 Å². The smallest absolute Gasteiger partial charge is 0.113 e. The number of hydrogen-bond acceptors (Lipinski definition) is 2. The monoisotopic (exact) mass is 289 g/mol. The summed E-state index contributed by atoms with van der Waals surface area (Å²) in [6.45, 7) is 2.12. The summed E-state index contributed by atoms with van der Waals surface area (Å²) in [6, 6.07) is 7.91. The van der Waals surface area contributed by atoms with Crippen LogP contribution in [0, 0.1) is 11.3 Å². The van der Waals surface area contributed by atoms with Crippen LogP contribution < -0.4 is 0 Å². The van der Waals surface area contributed by atoms with E-state index in [4.69, 9.17) is 5.26 Å². The van der Waals surface area contributed by atoms with Gasteiger partial charge in [0.15, 0.2) is 0 Å². The molecular weight excluding hydrogens is 278 g/mol. The standard InChI is InChI=1S/C13H12BrN3/c1-2-3-13-16-6-7-17(13)12-5-4-11(14)8-10(12)9-15/h4-8H,2-3H2,1H3. The summed E-state index contributed by atoms with van der Waals surface area (Å²) in [7, 11) is 0. The molecule has 0 saturated heterocycles. The third kappa shape index (κ3) is 2.40. The number of rotatable bonds is 3. The van der Waals surface area contributed by atoms with E-state index in [1.54, 1.807) is 6.20 Å². The molecule has 1 aromatic carbocycles. The first-order valence-electron chi connectivity index (χ1n) is 5.48. The molecule has 0 radical (unpaired) electrons. The lowest BCUT2D eigenvalue weighted by atomic mass is 10.2. The van der Waals surface area contributed by atoms with Crippen molar-refractivity contribution in [3.8, 4) is 11.8 Å². The van der Waals surface area contributed by atoms with Crippen LogP contribution in [0.15, 0.2) is 35.1 Å². The summed E-state index contributed by atoms with van der Waals surface area (Å²) in [5.74, 6) is 0.992. The van der Waals surface area contributed by atoms with Crippen LogP contribution in [-0.4, -0.2) is 9.55 Å². The average Bonchev–Trinajstić information content (AvgIpc) is 2.77. The maximum atomic E-state index is 9.16. The van der Waals surface area contributed by atoms with Crippen LogP contribution in [-0.2, 0) is 6.42 Å². The highest BCUT2D eigenvalue weighted by Gasteiger charge is 2.08. The Bertz CT molecular complexity index is 566. The second-order valence-electron chi connectivity index (χ2n) is 3.74. The van der Waals surface area contributed by atoms with Crippen LogP contribution in [0.2, 0.25) is 0 Å². The second kappa shape index (κ2) is 5.15. The number of imidazole rings is 1. The molecule has 4 heteroatoms. The Balaban J connectivity index is 2.53. The molecule has 0 aliphatic heterocycles. The van der Waals surface area contributed by atoms with E-state index >= 15 is 0 Å². The molecule has 0 fully saturated rings. The molecule has 0 bridgehead atoms. The molecule has 17 heavy (non-hydrogen) atoms.